The second kappa shape index (κ2) is 2.71. The summed E-state index contributed by atoms with van der Waals surface area (Å²) in [6.45, 7) is -0.122. The summed E-state index contributed by atoms with van der Waals surface area (Å²) in [6.07, 6.45) is 1.53. The van der Waals surface area contributed by atoms with E-state index in [1.165, 1.54) is 0 Å². The monoisotopic (exact) mass is 171 g/mol. The first-order valence-corrected chi connectivity index (χ1v) is 4.34. The van der Waals surface area contributed by atoms with Crippen molar-refractivity contribution in [3.8, 4) is 0 Å². The number of aliphatic hydroxyl groups is 2. The van der Waals surface area contributed by atoms with Gasteiger partial charge in [-0.3, -0.25) is 4.79 Å². The first kappa shape index (κ1) is 8.01. The molecule has 4 nitrogen and oxygen atoms in total. The lowest BCUT2D eigenvalue weighted by molar-refractivity contribution is -0.131. The van der Waals surface area contributed by atoms with E-state index >= 15 is 0 Å². The van der Waals surface area contributed by atoms with Crippen LogP contribution in [0.25, 0.3) is 0 Å². The number of nitrogens with zero attached hydrogens (tertiary/aromatic N) is 1. The van der Waals surface area contributed by atoms with E-state index in [1.54, 1.807) is 4.90 Å². The minimum Gasteiger partial charge on any atom is -0.394 e. The highest BCUT2D eigenvalue weighted by Gasteiger charge is 2.45. The van der Waals surface area contributed by atoms with Gasteiger partial charge in [0.25, 0.3) is 0 Å². The van der Waals surface area contributed by atoms with Gasteiger partial charge in [0.2, 0.25) is 5.91 Å². The van der Waals surface area contributed by atoms with Crippen molar-refractivity contribution < 1.29 is 15.0 Å². The molecule has 12 heavy (non-hydrogen) atoms. The third-order valence-corrected chi connectivity index (χ3v) is 2.87. The summed E-state index contributed by atoms with van der Waals surface area (Å²) in [5.74, 6) is 0.0793. The van der Waals surface area contributed by atoms with Crippen LogP contribution in [0.5, 0.6) is 0 Å². The maximum Gasteiger partial charge on any atom is 0.223 e. The van der Waals surface area contributed by atoms with Crippen LogP contribution in [0.15, 0.2) is 0 Å². The Morgan fingerprint density at radius 3 is 3.00 bits per heavy atom. The summed E-state index contributed by atoms with van der Waals surface area (Å²) < 4.78 is 0. The van der Waals surface area contributed by atoms with Crippen molar-refractivity contribution in [2.24, 2.45) is 0 Å². The van der Waals surface area contributed by atoms with E-state index in [0.717, 1.165) is 6.42 Å². The van der Waals surface area contributed by atoms with Gasteiger partial charge in [0, 0.05) is 12.5 Å². The molecule has 2 heterocycles. The van der Waals surface area contributed by atoms with E-state index < -0.39 is 6.10 Å². The van der Waals surface area contributed by atoms with E-state index in [9.17, 15) is 9.90 Å². The van der Waals surface area contributed by atoms with Crippen LogP contribution in [-0.4, -0.2) is 45.8 Å². The second-order valence-corrected chi connectivity index (χ2v) is 3.55. The Balaban J connectivity index is 2.18. The molecule has 0 spiro atoms. The summed E-state index contributed by atoms with van der Waals surface area (Å²) in [6, 6.07) is -0.158. The fourth-order valence-corrected chi connectivity index (χ4v) is 2.28. The van der Waals surface area contributed by atoms with Crippen molar-refractivity contribution in [1.82, 2.24) is 4.90 Å². The quantitative estimate of drug-likeness (QED) is 0.537. The molecule has 2 saturated heterocycles. The first-order valence-electron chi connectivity index (χ1n) is 4.34. The Morgan fingerprint density at radius 1 is 1.58 bits per heavy atom. The van der Waals surface area contributed by atoms with Crippen LogP contribution in [0.4, 0.5) is 0 Å². The Morgan fingerprint density at radius 2 is 2.33 bits per heavy atom. The maximum atomic E-state index is 11.3. The van der Waals surface area contributed by atoms with Crippen molar-refractivity contribution >= 4 is 5.91 Å². The number of aliphatic hydroxyl groups excluding tert-OH is 2. The van der Waals surface area contributed by atoms with Gasteiger partial charge in [0.15, 0.2) is 0 Å². The minimum atomic E-state index is -0.524. The molecule has 0 aromatic rings. The number of fused-ring (bicyclic) bond motifs is 1. The average Bonchev–Trinajstić information content (AvgIpc) is 2.52. The van der Waals surface area contributed by atoms with E-state index in [1.807, 2.05) is 0 Å². The molecule has 3 unspecified atom stereocenters. The molecule has 2 aliphatic rings. The highest BCUT2D eigenvalue weighted by molar-refractivity contribution is 5.79. The largest absolute Gasteiger partial charge is 0.394 e. The number of amides is 1. The molecule has 3 atom stereocenters. The van der Waals surface area contributed by atoms with Crippen molar-refractivity contribution in [3.05, 3.63) is 0 Å². The van der Waals surface area contributed by atoms with Crippen LogP contribution in [0.2, 0.25) is 0 Å². The van der Waals surface area contributed by atoms with Crippen molar-refractivity contribution in [3.63, 3.8) is 0 Å². The van der Waals surface area contributed by atoms with Crippen LogP contribution < -0.4 is 0 Å². The standard InChI is InChI=1S/C8H13NO3/c10-4-6-7(11)3-5-1-2-8(12)9(5)6/h5-7,10-11H,1-4H2. The smallest absolute Gasteiger partial charge is 0.223 e. The molecule has 68 valence electrons. The van der Waals surface area contributed by atoms with Gasteiger partial charge in [-0.25, -0.2) is 0 Å². The first-order chi connectivity index (χ1) is 5.74. The molecule has 1 amide bonds. The number of hydrogen-bond donors (Lipinski definition) is 2. The Kier molecular flexibility index (Phi) is 1.81. The third kappa shape index (κ3) is 0.949. The van der Waals surface area contributed by atoms with E-state index in [0.29, 0.717) is 12.8 Å². The van der Waals surface area contributed by atoms with Gasteiger partial charge >= 0.3 is 0 Å². The topological polar surface area (TPSA) is 60.8 Å². The number of hydrogen-bond acceptors (Lipinski definition) is 3. The van der Waals surface area contributed by atoms with Crippen LogP contribution in [0.3, 0.4) is 0 Å². The van der Waals surface area contributed by atoms with Gasteiger partial charge < -0.3 is 15.1 Å². The van der Waals surface area contributed by atoms with E-state index in [2.05, 4.69) is 0 Å². The number of carbonyl (C=O) groups excluding carboxylic acids is 1. The molecule has 0 aromatic heterocycles. The third-order valence-electron chi connectivity index (χ3n) is 2.87. The molecule has 4 heteroatoms. The second-order valence-electron chi connectivity index (χ2n) is 3.55. The van der Waals surface area contributed by atoms with Gasteiger partial charge in [0.1, 0.15) is 0 Å². The highest BCUT2D eigenvalue weighted by atomic mass is 16.3. The van der Waals surface area contributed by atoms with Crippen molar-refractivity contribution in [1.29, 1.82) is 0 Å². The van der Waals surface area contributed by atoms with Gasteiger partial charge in [-0.2, -0.15) is 0 Å². The lowest BCUT2D eigenvalue weighted by Gasteiger charge is -2.23. The van der Waals surface area contributed by atoms with Crippen molar-refractivity contribution in [2.45, 2.75) is 37.5 Å². The number of carbonyl (C=O) groups is 1. The van der Waals surface area contributed by atoms with E-state index in [4.69, 9.17) is 5.11 Å². The van der Waals surface area contributed by atoms with Crippen LogP contribution >= 0.6 is 0 Å². The van der Waals surface area contributed by atoms with Gasteiger partial charge in [-0.05, 0) is 12.8 Å². The normalized spacial score (nSPS) is 40.7. The molecule has 2 aliphatic heterocycles. The molecule has 0 radical (unpaired) electrons. The van der Waals surface area contributed by atoms with Crippen LogP contribution in [0.1, 0.15) is 19.3 Å². The molecular formula is C8H13NO3. The molecule has 0 bridgehead atoms. The van der Waals surface area contributed by atoms with E-state index in [-0.39, 0.29) is 24.6 Å². The molecule has 0 aromatic carbocycles. The summed E-state index contributed by atoms with van der Waals surface area (Å²) in [5.41, 5.74) is 0. The molecule has 2 fully saturated rings. The minimum absolute atomic E-state index is 0.0793. The Bertz CT molecular complexity index is 206. The SMILES string of the molecule is O=C1CCC2CC(O)C(CO)N12. The summed E-state index contributed by atoms with van der Waals surface area (Å²) >= 11 is 0. The zero-order chi connectivity index (χ0) is 8.72. The average molecular weight is 171 g/mol. The van der Waals surface area contributed by atoms with Gasteiger partial charge in [-0.15, -0.1) is 0 Å². The maximum absolute atomic E-state index is 11.3. The number of rotatable bonds is 1. The fraction of sp³-hybridized carbons (Fsp3) is 0.875. The fourth-order valence-electron chi connectivity index (χ4n) is 2.28. The predicted octanol–water partition coefficient (Wildman–Crippen LogP) is -0.897. The zero-order valence-corrected chi connectivity index (χ0v) is 6.81. The molecule has 2 rings (SSSR count). The summed E-state index contributed by atoms with van der Waals surface area (Å²) in [5, 5.41) is 18.4. The van der Waals surface area contributed by atoms with Crippen molar-refractivity contribution in [2.75, 3.05) is 6.61 Å². The molecule has 2 N–H and O–H groups in total. The molecule has 0 aliphatic carbocycles. The lowest BCUT2D eigenvalue weighted by Crippen LogP contribution is -2.41. The zero-order valence-electron chi connectivity index (χ0n) is 6.81. The summed E-state index contributed by atoms with van der Waals surface area (Å²) in [7, 11) is 0. The highest BCUT2D eigenvalue weighted by Crippen LogP contribution is 2.33. The van der Waals surface area contributed by atoms with Crippen LogP contribution in [0, 0.1) is 0 Å². The van der Waals surface area contributed by atoms with Crippen LogP contribution in [-0.2, 0) is 4.79 Å². The Hall–Kier alpha value is -0.610. The molecule has 0 saturated carbocycles. The molecular weight excluding hydrogens is 158 g/mol. The predicted molar refractivity (Wildman–Crippen MR) is 41.4 cm³/mol. The lowest BCUT2D eigenvalue weighted by atomic mass is 10.1. The Labute approximate surface area is 70.8 Å². The summed E-state index contributed by atoms with van der Waals surface area (Å²) in [4.78, 5) is 12.9. The van der Waals surface area contributed by atoms with Gasteiger partial charge in [0.05, 0.1) is 18.8 Å². The van der Waals surface area contributed by atoms with Gasteiger partial charge in [-0.1, -0.05) is 0 Å².